The van der Waals surface area contributed by atoms with Gasteiger partial charge in [0.15, 0.2) is 5.96 Å². The maximum atomic E-state index is 5.95. The number of hydrogen-bond acceptors (Lipinski definition) is 3. The Labute approximate surface area is 146 Å². The van der Waals surface area contributed by atoms with Crippen molar-refractivity contribution in [1.82, 2.24) is 20.4 Å². The van der Waals surface area contributed by atoms with E-state index in [0.29, 0.717) is 6.10 Å². The van der Waals surface area contributed by atoms with Crippen LogP contribution in [0.2, 0.25) is 0 Å². The van der Waals surface area contributed by atoms with Crippen molar-refractivity contribution in [2.24, 2.45) is 12.0 Å². The normalized spacial score (nSPS) is 16.4. The minimum absolute atomic E-state index is 0.493. The molecular weight excluding hydrogens is 302 g/mol. The zero-order valence-electron chi connectivity index (χ0n) is 15.7. The van der Waals surface area contributed by atoms with Crippen molar-refractivity contribution >= 4 is 5.96 Å². The summed E-state index contributed by atoms with van der Waals surface area (Å²) in [5, 5.41) is 11.2. The molecule has 24 heavy (non-hydrogen) atoms. The first kappa shape index (κ1) is 18.8. The SMILES string of the molecule is CN=C(NCCCOC1CCCCC1)NCc1c(C)nn(C)c1C. The van der Waals surface area contributed by atoms with Gasteiger partial charge in [-0.25, -0.2) is 0 Å². The molecule has 0 radical (unpaired) electrons. The van der Waals surface area contributed by atoms with Gasteiger partial charge in [-0.15, -0.1) is 0 Å². The molecule has 1 aliphatic rings. The van der Waals surface area contributed by atoms with Crippen LogP contribution in [0.25, 0.3) is 0 Å². The van der Waals surface area contributed by atoms with Gasteiger partial charge in [-0.3, -0.25) is 9.67 Å². The third kappa shape index (κ3) is 5.51. The third-order valence-electron chi connectivity index (χ3n) is 4.83. The van der Waals surface area contributed by atoms with Crippen molar-refractivity contribution in [3.63, 3.8) is 0 Å². The van der Waals surface area contributed by atoms with Crippen LogP contribution in [-0.4, -0.2) is 42.0 Å². The van der Waals surface area contributed by atoms with Gasteiger partial charge in [0, 0.05) is 45.0 Å². The Balaban J connectivity index is 1.63. The van der Waals surface area contributed by atoms with Gasteiger partial charge in [0.1, 0.15) is 0 Å². The van der Waals surface area contributed by atoms with Gasteiger partial charge >= 0.3 is 0 Å². The first-order chi connectivity index (χ1) is 11.6. The Morgan fingerprint density at radius 1 is 1.25 bits per heavy atom. The van der Waals surface area contributed by atoms with E-state index in [9.17, 15) is 0 Å². The Kier molecular flexibility index (Phi) is 7.56. The maximum Gasteiger partial charge on any atom is 0.191 e. The van der Waals surface area contributed by atoms with E-state index in [1.54, 1.807) is 7.05 Å². The summed E-state index contributed by atoms with van der Waals surface area (Å²) in [6, 6.07) is 0. The number of ether oxygens (including phenoxy) is 1. The van der Waals surface area contributed by atoms with Crippen molar-refractivity contribution in [3.05, 3.63) is 17.0 Å². The fourth-order valence-corrected chi connectivity index (χ4v) is 3.23. The quantitative estimate of drug-likeness (QED) is 0.456. The van der Waals surface area contributed by atoms with Gasteiger partial charge in [0.25, 0.3) is 0 Å². The molecule has 0 aliphatic heterocycles. The van der Waals surface area contributed by atoms with Gasteiger partial charge in [0.05, 0.1) is 11.8 Å². The lowest BCUT2D eigenvalue weighted by Gasteiger charge is -2.22. The summed E-state index contributed by atoms with van der Waals surface area (Å²) >= 11 is 0. The van der Waals surface area contributed by atoms with E-state index >= 15 is 0 Å². The van der Waals surface area contributed by atoms with Crippen LogP contribution >= 0.6 is 0 Å². The van der Waals surface area contributed by atoms with Gasteiger partial charge in [0.2, 0.25) is 0 Å². The summed E-state index contributed by atoms with van der Waals surface area (Å²) in [6.45, 7) is 6.58. The van der Waals surface area contributed by atoms with Crippen LogP contribution < -0.4 is 10.6 Å². The zero-order chi connectivity index (χ0) is 17.4. The second-order valence-electron chi connectivity index (χ2n) is 6.61. The number of nitrogens with one attached hydrogen (secondary N) is 2. The molecule has 0 atom stereocenters. The van der Waals surface area contributed by atoms with Crippen LogP contribution in [0.3, 0.4) is 0 Å². The highest BCUT2D eigenvalue weighted by atomic mass is 16.5. The van der Waals surface area contributed by atoms with Crippen molar-refractivity contribution in [3.8, 4) is 0 Å². The molecule has 6 heteroatoms. The van der Waals surface area contributed by atoms with E-state index in [2.05, 4.69) is 27.6 Å². The standard InChI is InChI=1S/C18H33N5O/c1-14-17(15(2)23(4)22-14)13-21-18(19-3)20-11-8-12-24-16-9-6-5-7-10-16/h16H,5-13H2,1-4H3,(H2,19,20,21). The van der Waals surface area contributed by atoms with E-state index in [1.807, 2.05) is 18.7 Å². The first-order valence-electron chi connectivity index (χ1n) is 9.17. The molecule has 1 fully saturated rings. The van der Waals surface area contributed by atoms with Crippen LogP contribution in [0, 0.1) is 13.8 Å². The van der Waals surface area contributed by atoms with E-state index in [1.165, 1.54) is 43.4 Å². The monoisotopic (exact) mass is 335 g/mol. The van der Waals surface area contributed by atoms with Crippen LogP contribution in [0.5, 0.6) is 0 Å². The summed E-state index contributed by atoms with van der Waals surface area (Å²) < 4.78 is 7.87. The lowest BCUT2D eigenvalue weighted by atomic mass is 9.98. The zero-order valence-corrected chi connectivity index (χ0v) is 15.7. The number of aliphatic imine (C=N–C) groups is 1. The predicted octanol–water partition coefficient (Wildman–Crippen LogP) is 2.44. The number of aryl methyl sites for hydroxylation is 2. The number of nitrogens with zero attached hydrogens (tertiary/aromatic N) is 3. The predicted molar refractivity (Wildman–Crippen MR) is 98.3 cm³/mol. The molecule has 0 bridgehead atoms. The molecule has 0 spiro atoms. The molecular formula is C18H33N5O. The number of hydrogen-bond donors (Lipinski definition) is 2. The molecule has 0 saturated heterocycles. The first-order valence-corrected chi connectivity index (χ1v) is 9.17. The summed E-state index contributed by atoms with van der Waals surface area (Å²) in [6.07, 6.45) is 7.99. The van der Waals surface area contributed by atoms with Gasteiger partial charge in [-0.1, -0.05) is 19.3 Å². The molecule has 1 saturated carbocycles. The molecule has 0 amide bonds. The molecule has 1 aliphatic carbocycles. The number of aromatic nitrogens is 2. The molecule has 1 aromatic heterocycles. The molecule has 136 valence electrons. The maximum absolute atomic E-state index is 5.95. The van der Waals surface area contributed by atoms with Gasteiger partial charge in [-0.05, 0) is 33.1 Å². The fraction of sp³-hybridized carbons (Fsp3) is 0.778. The number of rotatable bonds is 7. The van der Waals surface area contributed by atoms with Crippen LogP contribution in [0.15, 0.2) is 4.99 Å². The second-order valence-corrected chi connectivity index (χ2v) is 6.61. The second kappa shape index (κ2) is 9.67. The average molecular weight is 335 g/mol. The van der Waals surface area contributed by atoms with E-state index in [-0.39, 0.29) is 0 Å². The minimum Gasteiger partial charge on any atom is -0.378 e. The highest BCUT2D eigenvalue weighted by molar-refractivity contribution is 5.79. The van der Waals surface area contributed by atoms with E-state index in [0.717, 1.165) is 37.8 Å². The average Bonchev–Trinajstić information content (AvgIpc) is 2.83. The molecule has 1 heterocycles. The molecule has 2 rings (SSSR count). The Morgan fingerprint density at radius 2 is 2.00 bits per heavy atom. The van der Waals surface area contributed by atoms with Crippen molar-refractivity contribution in [2.45, 2.75) is 65.0 Å². The highest BCUT2D eigenvalue weighted by Gasteiger charge is 2.13. The summed E-state index contributed by atoms with van der Waals surface area (Å²) in [7, 11) is 3.78. The number of guanidine groups is 1. The minimum atomic E-state index is 0.493. The Morgan fingerprint density at radius 3 is 2.62 bits per heavy atom. The fourth-order valence-electron chi connectivity index (χ4n) is 3.23. The van der Waals surface area contributed by atoms with Crippen LogP contribution in [0.1, 0.15) is 55.5 Å². The van der Waals surface area contributed by atoms with E-state index in [4.69, 9.17) is 4.74 Å². The van der Waals surface area contributed by atoms with Gasteiger partial charge in [-0.2, -0.15) is 5.10 Å². The molecule has 0 aromatic carbocycles. The summed E-state index contributed by atoms with van der Waals surface area (Å²) in [5.41, 5.74) is 3.50. The van der Waals surface area contributed by atoms with Crippen molar-refractivity contribution < 1.29 is 4.74 Å². The molecule has 2 N–H and O–H groups in total. The summed E-state index contributed by atoms with van der Waals surface area (Å²) in [5.74, 6) is 0.829. The van der Waals surface area contributed by atoms with Crippen LogP contribution in [0.4, 0.5) is 0 Å². The highest BCUT2D eigenvalue weighted by Crippen LogP contribution is 2.20. The Bertz CT molecular complexity index is 532. The smallest absolute Gasteiger partial charge is 0.191 e. The molecule has 6 nitrogen and oxygen atoms in total. The summed E-state index contributed by atoms with van der Waals surface area (Å²) in [4.78, 5) is 4.28. The molecule has 0 unspecified atom stereocenters. The van der Waals surface area contributed by atoms with Crippen LogP contribution in [-0.2, 0) is 18.3 Å². The van der Waals surface area contributed by atoms with Crippen molar-refractivity contribution in [2.75, 3.05) is 20.2 Å². The molecule has 1 aromatic rings. The Hall–Kier alpha value is -1.56. The van der Waals surface area contributed by atoms with E-state index < -0.39 is 0 Å². The topological polar surface area (TPSA) is 63.5 Å². The van der Waals surface area contributed by atoms with Gasteiger partial charge < -0.3 is 15.4 Å². The third-order valence-corrected chi connectivity index (χ3v) is 4.83. The lowest BCUT2D eigenvalue weighted by molar-refractivity contribution is 0.0277. The van der Waals surface area contributed by atoms with Crippen molar-refractivity contribution in [1.29, 1.82) is 0 Å². The lowest BCUT2D eigenvalue weighted by Crippen LogP contribution is -2.37. The largest absolute Gasteiger partial charge is 0.378 e.